The molecule has 1 fully saturated rings. The summed E-state index contributed by atoms with van der Waals surface area (Å²) in [6.45, 7) is 14.7. The molecule has 3 unspecified atom stereocenters. The lowest BCUT2D eigenvalue weighted by molar-refractivity contribution is -0.0711. The summed E-state index contributed by atoms with van der Waals surface area (Å²) in [5.74, 6) is 3.83. The molecule has 2 heteroatoms. The second kappa shape index (κ2) is 9.20. The van der Waals surface area contributed by atoms with Crippen LogP contribution in [0, 0.1) is 23.2 Å². The van der Waals surface area contributed by atoms with Crippen molar-refractivity contribution in [3.05, 3.63) is 29.3 Å². The molecule has 3 atom stereocenters. The van der Waals surface area contributed by atoms with E-state index in [4.69, 9.17) is 9.47 Å². The Morgan fingerprint density at radius 1 is 1.04 bits per heavy atom. The highest BCUT2D eigenvalue weighted by atomic mass is 16.7. The summed E-state index contributed by atoms with van der Waals surface area (Å²) in [5, 5.41) is 0. The topological polar surface area (TPSA) is 18.5 Å². The number of fused-ring (bicyclic) bond motifs is 1. The zero-order valence-corrected chi connectivity index (χ0v) is 19.1. The van der Waals surface area contributed by atoms with Gasteiger partial charge in [0, 0.05) is 0 Å². The molecule has 2 aliphatic rings. The Hall–Kier alpha value is -1.02. The van der Waals surface area contributed by atoms with Gasteiger partial charge in [-0.3, -0.25) is 0 Å². The van der Waals surface area contributed by atoms with Gasteiger partial charge in [0.25, 0.3) is 0 Å². The zero-order valence-electron chi connectivity index (χ0n) is 19.1. The van der Waals surface area contributed by atoms with Gasteiger partial charge in [-0.15, -0.1) is 0 Å². The Kier molecular flexibility index (Phi) is 7.12. The summed E-state index contributed by atoms with van der Waals surface area (Å²) in [7, 11) is 0. The first-order valence-electron chi connectivity index (χ1n) is 11.7. The van der Waals surface area contributed by atoms with E-state index in [9.17, 15) is 0 Å². The molecule has 28 heavy (non-hydrogen) atoms. The summed E-state index contributed by atoms with van der Waals surface area (Å²) >= 11 is 0. The van der Waals surface area contributed by atoms with Gasteiger partial charge in [0.1, 0.15) is 5.75 Å². The highest BCUT2D eigenvalue weighted by Gasteiger charge is 2.40. The normalized spacial score (nSPS) is 24.4. The molecule has 0 heterocycles. The van der Waals surface area contributed by atoms with Crippen LogP contribution in [0.3, 0.4) is 0 Å². The minimum atomic E-state index is -0.178. The monoisotopic (exact) mass is 386 g/mol. The highest BCUT2D eigenvalue weighted by molar-refractivity contribution is 5.42. The predicted molar refractivity (Wildman–Crippen MR) is 118 cm³/mol. The van der Waals surface area contributed by atoms with Gasteiger partial charge < -0.3 is 9.47 Å². The van der Waals surface area contributed by atoms with E-state index in [1.807, 2.05) is 6.92 Å². The van der Waals surface area contributed by atoms with Crippen LogP contribution < -0.4 is 4.74 Å². The first-order chi connectivity index (χ1) is 13.3. The average molecular weight is 387 g/mol. The quantitative estimate of drug-likeness (QED) is 0.456. The molecule has 2 aliphatic carbocycles. The lowest BCUT2D eigenvalue weighted by atomic mass is 9.70. The third-order valence-electron chi connectivity index (χ3n) is 7.08. The third kappa shape index (κ3) is 5.32. The predicted octanol–water partition coefficient (Wildman–Crippen LogP) is 7.36. The number of hydrogen-bond acceptors (Lipinski definition) is 2. The van der Waals surface area contributed by atoms with Crippen LogP contribution >= 0.6 is 0 Å². The Labute approximate surface area is 173 Å². The molecule has 158 valence electrons. The van der Waals surface area contributed by atoms with Gasteiger partial charge in [0.05, 0.1) is 6.61 Å². The number of rotatable bonds is 7. The molecule has 3 rings (SSSR count). The fraction of sp³-hybridized carbons (Fsp3) is 0.769. The third-order valence-corrected chi connectivity index (χ3v) is 7.08. The lowest BCUT2D eigenvalue weighted by Gasteiger charge is -2.34. The minimum Gasteiger partial charge on any atom is -0.465 e. The van der Waals surface area contributed by atoms with Gasteiger partial charge in [-0.05, 0) is 72.1 Å². The molecule has 0 saturated heterocycles. The van der Waals surface area contributed by atoms with Crippen LogP contribution in [0.5, 0.6) is 5.75 Å². The van der Waals surface area contributed by atoms with Gasteiger partial charge >= 0.3 is 0 Å². The average Bonchev–Trinajstić information content (AvgIpc) is 3.02. The maximum absolute atomic E-state index is 6.12. The van der Waals surface area contributed by atoms with E-state index in [1.165, 1.54) is 49.7 Å². The molecule has 1 saturated carbocycles. The molecule has 2 nitrogen and oxygen atoms in total. The fourth-order valence-corrected chi connectivity index (χ4v) is 5.51. The van der Waals surface area contributed by atoms with E-state index in [-0.39, 0.29) is 6.29 Å². The molecule has 0 amide bonds. The van der Waals surface area contributed by atoms with Gasteiger partial charge in [-0.1, -0.05) is 72.8 Å². The van der Waals surface area contributed by atoms with Crippen LogP contribution in [-0.2, 0) is 11.2 Å². The van der Waals surface area contributed by atoms with E-state index in [0.29, 0.717) is 23.2 Å². The number of benzene rings is 1. The van der Waals surface area contributed by atoms with Crippen LogP contribution in [0.4, 0.5) is 0 Å². The highest BCUT2D eigenvalue weighted by Crippen LogP contribution is 2.50. The van der Waals surface area contributed by atoms with Crippen LogP contribution in [0.25, 0.3) is 0 Å². The summed E-state index contributed by atoms with van der Waals surface area (Å²) in [6, 6.07) is 6.74. The van der Waals surface area contributed by atoms with Crippen molar-refractivity contribution in [3.63, 3.8) is 0 Å². The Bertz CT molecular complexity index is 622. The molecular formula is C26H42O2. The molecule has 0 aromatic heterocycles. The molecule has 0 spiro atoms. The van der Waals surface area contributed by atoms with Crippen molar-refractivity contribution in [1.29, 1.82) is 0 Å². The van der Waals surface area contributed by atoms with Crippen molar-refractivity contribution in [1.82, 2.24) is 0 Å². The second-order valence-electron chi connectivity index (χ2n) is 10.7. The summed E-state index contributed by atoms with van der Waals surface area (Å²) in [4.78, 5) is 0. The van der Waals surface area contributed by atoms with E-state index in [0.717, 1.165) is 24.7 Å². The standard InChI is InChI=1S/C26H42O2/c1-18(2)25-23-13-12-22(16-21(23)17-24(25)26(4,5)6)28-19(3)27-15-14-20-10-8-7-9-11-20/h12-13,16,18-20,24-25H,7-11,14-15,17H2,1-6H3. The molecular weight excluding hydrogens is 344 g/mol. The van der Waals surface area contributed by atoms with Crippen LogP contribution in [-0.4, -0.2) is 12.9 Å². The van der Waals surface area contributed by atoms with Crippen molar-refractivity contribution in [2.24, 2.45) is 23.2 Å². The fourth-order valence-electron chi connectivity index (χ4n) is 5.51. The second-order valence-corrected chi connectivity index (χ2v) is 10.7. The lowest BCUT2D eigenvalue weighted by Crippen LogP contribution is -2.27. The first-order valence-corrected chi connectivity index (χ1v) is 11.7. The molecule has 0 radical (unpaired) electrons. The maximum atomic E-state index is 6.12. The SMILES string of the molecule is CC(OCCC1CCCCC1)Oc1ccc2c(c1)CC(C(C)(C)C)C2C(C)C. The number of hydrogen-bond donors (Lipinski definition) is 0. The summed E-state index contributed by atoms with van der Waals surface area (Å²) in [5.41, 5.74) is 3.34. The van der Waals surface area contributed by atoms with E-state index in [1.54, 1.807) is 0 Å². The largest absolute Gasteiger partial charge is 0.465 e. The van der Waals surface area contributed by atoms with E-state index >= 15 is 0 Å². The van der Waals surface area contributed by atoms with E-state index < -0.39 is 0 Å². The Balaban J connectivity index is 1.56. The smallest absolute Gasteiger partial charge is 0.196 e. The van der Waals surface area contributed by atoms with Gasteiger partial charge in [0.2, 0.25) is 0 Å². The van der Waals surface area contributed by atoms with Gasteiger partial charge in [-0.25, -0.2) is 0 Å². The summed E-state index contributed by atoms with van der Waals surface area (Å²) < 4.78 is 12.1. The molecule has 0 bridgehead atoms. The zero-order chi connectivity index (χ0) is 20.3. The van der Waals surface area contributed by atoms with Crippen molar-refractivity contribution >= 4 is 0 Å². The van der Waals surface area contributed by atoms with Crippen molar-refractivity contribution in [2.45, 2.75) is 98.7 Å². The van der Waals surface area contributed by atoms with Gasteiger partial charge in [-0.2, -0.15) is 0 Å². The Morgan fingerprint density at radius 3 is 2.39 bits per heavy atom. The van der Waals surface area contributed by atoms with Gasteiger partial charge in [0.15, 0.2) is 6.29 Å². The van der Waals surface area contributed by atoms with Crippen LogP contribution in [0.1, 0.15) is 97.1 Å². The van der Waals surface area contributed by atoms with Crippen LogP contribution in [0.15, 0.2) is 18.2 Å². The number of ether oxygens (including phenoxy) is 2. The molecule has 0 aliphatic heterocycles. The molecule has 0 N–H and O–H groups in total. The minimum absolute atomic E-state index is 0.178. The Morgan fingerprint density at radius 2 is 1.75 bits per heavy atom. The van der Waals surface area contributed by atoms with E-state index in [2.05, 4.69) is 52.8 Å². The van der Waals surface area contributed by atoms with Crippen molar-refractivity contribution in [2.75, 3.05) is 6.61 Å². The van der Waals surface area contributed by atoms with Crippen LogP contribution in [0.2, 0.25) is 0 Å². The first kappa shape index (κ1) is 21.7. The van der Waals surface area contributed by atoms with Crippen molar-refractivity contribution < 1.29 is 9.47 Å². The summed E-state index contributed by atoms with van der Waals surface area (Å²) in [6.07, 6.45) is 9.16. The molecule has 1 aromatic carbocycles. The molecule has 1 aromatic rings. The maximum Gasteiger partial charge on any atom is 0.196 e. The van der Waals surface area contributed by atoms with Crippen molar-refractivity contribution in [3.8, 4) is 5.75 Å².